The minimum Gasteiger partial charge on any atom is -0.441 e. The molecule has 5 heteroatoms. The lowest BCUT2D eigenvalue weighted by atomic mass is 10.3. The van der Waals surface area contributed by atoms with Crippen LogP contribution in [0, 0.1) is 0 Å². The molecule has 0 unspecified atom stereocenters. The third-order valence-electron chi connectivity index (χ3n) is 2.04. The average Bonchev–Trinajstić information content (AvgIpc) is 2.16. The molecule has 1 heterocycles. The zero-order valence-corrected chi connectivity index (χ0v) is 8.10. The highest BCUT2D eigenvalue weighted by molar-refractivity contribution is 5.84. The van der Waals surface area contributed by atoms with Crippen molar-refractivity contribution in [1.82, 2.24) is 0 Å². The molecule has 1 aliphatic heterocycles. The van der Waals surface area contributed by atoms with Crippen LogP contribution in [0.5, 0.6) is 0 Å². The van der Waals surface area contributed by atoms with Crippen LogP contribution in [0.15, 0.2) is 24.3 Å². The van der Waals surface area contributed by atoms with Gasteiger partial charge < -0.3 is 15.2 Å². The molecule has 0 radical (unpaired) electrons. The Morgan fingerprint density at radius 3 is 2.60 bits per heavy atom. The third kappa shape index (κ3) is 2.60. The van der Waals surface area contributed by atoms with Gasteiger partial charge in [0.25, 0.3) is 0 Å². The van der Waals surface area contributed by atoms with Crippen LogP contribution in [0.3, 0.4) is 0 Å². The zero-order valence-electron chi connectivity index (χ0n) is 8.10. The van der Waals surface area contributed by atoms with E-state index in [0.29, 0.717) is 24.6 Å². The fourth-order valence-corrected chi connectivity index (χ4v) is 1.15. The summed E-state index contributed by atoms with van der Waals surface area (Å²) in [6, 6.07) is 6.85. The number of anilines is 2. The van der Waals surface area contributed by atoms with Crippen molar-refractivity contribution in [2.45, 2.75) is 6.10 Å². The van der Waals surface area contributed by atoms with Crippen molar-refractivity contribution >= 4 is 17.5 Å². The van der Waals surface area contributed by atoms with E-state index in [4.69, 9.17) is 15.2 Å². The second-order valence-corrected chi connectivity index (χ2v) is 3.31. The van der Waals surface area contributed by atoms with Gasteiger partial charge in [-0.25, -0.2) is 4.79 Å². The molecule has 1 aromatic rings. The summed E-state index contributed by atoms with van der Waals surface area (Å²) < 4.78 is 9.89. The number of nitrogens with one attached hydrogen (secondary N) is 1. The molecule has 3 N–H and O–H groups in total. The van der Waals surface area contributed by atoms with E-state index in [2.05, 4.69) is 5.32 Å². The van der Waals surface area contributed by atoms with Gasteiger partial charge in [0.1, 0.15) is 0 Å². The van der Waals surface area contributed by atoms with Gasteiger partial charge in [-0.05, 0) is 24.3 Å². The van der Waals surface area contributed by atoms with Crippen LogP contribution in [0.25, 0.3) is 0 Å². The molecule has 1 fully saturated rings. The molecule has 0 atom stereocenters. The Morgan fingerprint density at radius 1 is 1.40 bits per heavy atom. The number of hydrogen-bond acceptors (Lipinski definition) is 4. The molecule has 0 spiro atoms. The highest BCUT2D eigenvalue weighted by Gasteiger charge is 2.22. The van der Waals surface area contributed by atoms with Crippen molar-refractivity contribution in [3.8, 4) is 0 Å². The van der Waals surface area contributed by atoms with Gasteiger partial charge in [-0.15, -0.1) is 0 Å². The second-order valence-electron chi connectivity index (χ2n) is 3.31. The normalized spacial score (nSPS) is 15.5. The molecule has 0 aromatic heterocycles. The van der Waals surface area contributed by atoms with Crippen LogP contribution in [0.4, 0.5) is 16.2 Å². The second kappa shape index (κ2) is 4.18. The monoisotopic (exact) mass is 208 g/mol. The van der Waals surface area contributed by atoms with Crippen molar-refractivity contribution in [3.05, 3.63) is 24.3 Å². The number of hydrogen-bond donors (Lipinski definition) is 2. The highest BCUT2D eigenvalue weighted by Crippen LogP contribution is 2.12. The fourth-order valence-electron chi connectivity index (χ4n) is 1.15. The van der Waals surface area contributed by atoms with Crippen molar-refractivity contribution < 1.29 is 14.3 Å². The summed E-state index contributed by atoms with van der Waals surface area (Å²) in [6.45, 7) is 0.963. The van der Waals surface area contributed by atoms with Crippen molar-refractivity contribution in [2.75, 3.05) is 24.3 Å². The Kier molecular flexibility index (Phi) is 2.73. The number of benzene rings is 1. The molecular weight excluding hydrogens is 196 g/mol. The van der Waals surface area contributed by atoms with E-state index in [1.54, 1.807) is 24.3 Å². The Balaban J connectivity index is 1.84. The van der Waals surface area contributed by atoms with E-state index >= 15 is 0 Å². The number of carbonyl (C=O) groups is 1. The van der Waals surface area contributed by atoms with Crippen molar-refractivity contribution in [1.29, 1.82) is 0 Å². The summed E-state index contributed by atoms with van der Waals surface area (Å²) in [6.07, 6.45) is -0.577. The number of ether oxygens (including phenoxy) is 2. The Morgan fingerprint density at radius 2 is 2.07 bits per heavy atom. The van der Waals surface area contributed by atoms with Gasteiger partial charge in [-0.3, -0.25) is 5.32 Å². The number of amides is 1. The Hall–Kier alpha value is -1.75. The van der Waals surface area contributed by atoms with Crippen LogP contribution in [0.1, 0.15) is 0 Å². The number of rotatable bonds is 2. The minimum absolute atomic E-state index is 0.112. The maximum atomic E-state index is 11.3. The molecule has 1 aliphatic rings. The molecule has 2 rings (SSSR count). The van der Waals surface area contributed by atoms with Gasteiger partial charge in [0.05, 0.1) is 13.2 Å². The highest BCUT2D eigenvalue weighted by atomic mass is 16.6. The van der Waals surface area contributed by atoms with Gasteiger partial charge in [-0.1, -0.05) is 0 Å². The predicted molar refractivity (Wildman–Crippen MR) is 55.6 cm³/mol. The van der Waals surface area contributed by atoms with Crippen molar-refractivity contribution in [3.63, 3.8) is 0 Å². The standard InChI is InChI=1S/C10H12N2O3/c11-7-1-3-8(4-2-7)12-10(13)15-9-5-14-6-9/h1-4,9H,5-6,11H2,(H,12,13). The summed E-state index contributed by atoms with van der Waals surface area (Å²) in [5, 5.41) is 2.60. The smallest absolute Gasteiger partial charge is 0.412 e. The Labute approximate surface area is 87.2 Å². The van der Waals surface area contributed by atoms with Crippen LogP contribution in [-0.2, 0) is 9.47 Å². The summed E-state index contributed by atoms with van der Waals surface area (Å²) in [5.74, 6) is 0. The first-order valence-corrected chi connectivity index (χ1v) is 4.65. The molecule has 15 heavy (non-hydrogen) atoms. The van der Waals surface area contributed by atoms with E-state index in [9.17, 15) is 4.79 Å². The molecule has 0 saturated carbocycles. The van der Waals surface area contributed by atoms with Gasteiger partial charge in [0.2, 0.25) is 0 Å². The number of nitrogens with two attached hydrogens (primary N) is 1. The van der Waals surface area contributed by atoms with Crippen LogP contribution in [-0.4, -0.2) is 25.4 Å². The van der Waals surface area contributed by atoms with Gasteiger partial charge in [-0.2, -0.15) is 0 Å². The lowest BCUT2D eigenvalue weighted by Gasteiger charge is -2.25. The summed E-state index contributed by atoms with van der Waals surface area (Å²) in [4.78, 5) is 11.3. The van der Waals surface area contributed by atoms with E-state index in [-0.39, 0.29) is 6.10 Å². The molecule has 80 valence electrons. The SMILES string of the molecule is Nc1ccc(NC(=O)OC2COC2)cc1. The largest absolute Gasteiger partial charge is 0.441 e. The quantitative estimate of drug-likeness (QED) is 0.716. The van der Waals surface area contributed by atoms with Crippen LogP contribution >= 0.6 is 0 Å². The zero-order chi connectivity index (χ0) is 10.7. The molecular formula is C10H12N2O3. The minimum atomic E-state index is -0.465. The topological polar surface area (TPSA) is 73.6 Å². The number of carbonyl (C=O) groups excluding carboxylic acids is 1. The first-order valence-electron chi connectivity index (χ1n) is 4.65. The van der Waals surface area contributed by atoms with Gasteiger partial charge in [0.15, 0.2) is 6.10 Å². The van der Waals surface area contributed by atoms with E-state index in [1.807, 2.05) is 0 Å². The molecule has 1 saturated heterocycles. The summed E-state index contributed by atoms with van der Waals surface area (Å²) in [5.41, 5.74) is 6.82. The first kappa shape index (κ1) is 9.79. The Bertz CT molecular complexity index is 346. The molecule has 0 bridgehead atoms. The maximum absolute atomic E-state index is 11.3. The molecule has 1 amide bonds. The number of nitrogen functional groups attached to an aromatic ring is 1. The summed E-state index contributed by atoms with van der Waals surface area (Å²) in [7, 11) is 0. The van der Waals surface area contributed by atoms with Crippen LogP contribution in [0.2, 0.25) is 0 Å². The average molecular weight is 208 g/mol. The predicted octanol–water partition coefficient (Wildman–Crippen LogP) is 1.22. The lowest BCUT2D eigenvalue weighted by Crippen LogP contribution is -2.38. The molecule has 1 aromatic carbocycles. The van der Waals surface area contributed by atoms with Crippen molar-refractivity contribution in [2.24, 2.45) is 0 Å². The van der Waals surface area contributed by atoms with Gasteiger partial charge >= 0.3 is 6.09 Å². The fraction of sp³-hybridized carbons (Fsp3) is 0.300. The summed E-state index contributed by atoms with van der Waals surface area (Å²) >= 11 is 0. The van der Waals surface area contributed by atoms with E-state index in [0.717, 1.165) is 0 Å². The molecule has 0 aliphatic carbocycles. The lowest BCUT2D eigenvalue weighted by molar-refractivity contribution is -0.0951. The third-order valence-corrected chi connectivity index (χ3v) is 2.04. The van der Waals surface area contributed by atoms with Crippen LogP contribution < -0.4 is 11.1 Å². The van der Waals surface area contributed by atoms with Gasteiger partial charge in [0, 0.05) is 11.4 Å². The first-order chi connectivity index (χ1) is 7.24. The van der Waals surface area contributed by atoms with E-state index < -0.39 is 6.09 Å². The van der Waals surface area contributed by atoms with E-state index in [1.165, 1.54) is 0 Å². The maximum Gasteiger partial charge on any atom is 0.412 e. The molecule has 5 nitrogen and oxygen atoms in total.